The molecule has 1 saturated heterocycles. The van der Waals surface area contributed by atoms with Crippen LogP contribution in [0.15, 0.2) is 16.7 Å². The molecule has 0 amide bonds. The largest absolute Gasteiger partial charge is 0.356 e. The van der Waals surface area contributed by atoms with Crippen LogP contribution < -0.4 is 10.2 Å². The molecule has 2 rings (SSSR count). The SMILES string of the molecule is CCNCc1cc(Br)cnc1N1CCC(N(C)C)CC1. The van der Waals surface area contributed by atoms with Crippen molar-refractivity contribution in [3.05, 3.63) is 22.3 Å². The van der Waals surface area contributed by atoms with Crippen molar-refractivity contribution in [3.8, 4) is 0 Å². The van der Waals surface area contributed by atoms with Crippen LogP contribution in [-0.2, 0) is 6.54 Å². The maximum atomic E-state index is 4.65. The van der Waals surface area contributed by atoms with E-state index in [9.17, 15) is 0 Å². The molecule has 0 unspecified atom stereocenters. The van der Waals surface area contributed by atoms with Gasteiger partial charge in [0, 0.05) is 41.9 Å². The molecule has 0 atom stereocenters. The Labute approximate surface area is 130 Å². The third-order valence-corrected chi connectivity index (χ3v) is 4.40. The molecular formula is C15H25BrN4. The minimum absolute atomic E-state index is 0.707. The Balaban J connectivity index is 2.08. The number of piperidine rings is 1. The summed E-state index contributed by atoms with van der Waals surface area (Å²) in [5.41, 5.74) is 1.28. The van der Waals surface area contributed by atoms with Gasteiger partial charge in [-0.1, -0.05) is 6.92 Å². The number of anilines is 1. The van der Waals surface area contributed by atoms with E-state index in [1.54, 1.807) is 0 Å². The molecule has 0 aliphatic carbocycles. The van der Waals surface area contributed by atoms with E-state index in [4.69, 9.17) is 0 Å². The Morgan fingerprint density at radius 3 is 2.70 bits per heavy atom. The fraction of sp³-hybridized carbons (Fsp3) is 0.667. The smallest absolute Gasteiger partial charge is 0.133 e. The van der Waals surface area contributed by atoms with Crippen LogP contribution in [0.5, 0.6) is 0 Å². The molecule has 4 nitrogen and oxygen atoms in total. The van der Waals surface area contributed by atoms with E-state index in [2.05, 4.69) is 63.1 Å². The molecule has 0 spiro atoms. The molecule has 0 aromatic carbocycles. The summed E-state index contributed by atoms with van der Waals surface area (Å²) < 4.78 is 1.05. The monoisotopic (exact) mass is 340 g/mol. The lowest BCUT2D eigenvalue weighted by Crippen LogP contribution is -2.42. The average Bonchev–Trinajstić information content (AvgIpc) is 2.45. The van der Waals surface area contributed by atoms with Gasteiger partial charge in [0.2, 0.25) is 0 Å². The van der Waals surface area contributed by atoms with Crippen molar-refractivity contribution >= 4 is 21.7 Å². The number of rotatable bonds is 5. The number of halogens is 1. The highest BCUT2D eigenvalue weighted by atomic mass is 79.9. The lowest BCUT2D eigenvalue weighted by atomic mass is 10.0. The molecule has 1 N–H and O–H groups in total. The second-order valence-electron chi connectivity index (χ2n) is 5.60. The van der Waals surface area contributed by atoms with Crippen molar-refractivity contribution in [1.82, 2.24) is 15.2 Å². The van der Waals surface area contributed by atoms with E-state index in [1.165, 1.54) is 18.4 Å². The van der Waals surface area contributed by atoms with E-state index >= 15 is 0 Å². The second kappa shape index (κ2) is 7.38. The maximum absolute atomic E-state index is 4.65. The molecule has 1 aliphatic rings. The van der Waals surface area contributed by atoms with Gasteiger partial charge in [-0.2, -0.15) is 0 Å². The van der Waals surface area contributed by atoms with Crippen molar-refractivity contribution in [2.45, 2.75) is 32.4 Å². The van der Waals surface area contributed by atoms with Gasteiger partial charge in [-0.15, -0.1) is 0 Å². The second-order valence-corrected chi connectivity index (χ2v) is 6.51. The predicted octanol–water partition coefficient (Wildman–Crippen LogP) is 2.48. The fourth-order valence-electron chi connectivity index (χ4n) is 2.74. The third-order valence-electron chi connectivity index (χ3n) is 3.97. The summed E-state index contributed by atoms with van der Waals surface area (Å²) in [5.74, 6) is 1.14. The van der Waals surface area contributed by atoms with E-state index in [0.29, 0.717) is 6.04 Å². The van der Waals surface area contributed by atoms with Crippen molar-refractivity contribution in [3.63, 3.8) is 0 Å². The summed E-state index contributed by atoms with van der Waals surface area (Å²) in [4.78, 5) is 9.42. The molecule has 1 fully saturated rings. The van der Waals surface area contributed by atoms with Crippen molar-refractivity contribution in [1.29, 1.82) is 0 Å². The molecule has 1 aromatic rings. The average molecular weight is 341 g/mol. The molecule has 0 saturated carbocycles. The van der Waals surface area contributed by atoms with E-state index < -0.39 is 0 Å². The molecule has 5 heteroatoms. The number of nitrogens with one attached hydrogen (secondary N) is 1. The minimum Gasteiger partial charge on any atom is -0.356 e. The Hall–Kier alpha value is -0.650. The lowest BCUT2D eigenvalue weighted by Gasteiger charge is -2.36. The van der Waals surface area contributed by atoms with Crippen LogP contribution in [0.4, 0.5) is 5.82 Å². The highest BCUT2D eigenvalue weighted by Crippen LogP contribution is 2.25. The quantitative estimate of drug-likeness (QED) is 0.892. The summed E-state index contributed by atoms with van der Waals surface area (Å²) in [5, 5.41) is 3.40. The van der Waals surface area contributed by atoms with Gasteiger partial charge in [0.25, 0.3) is 0 Å². The number of hydrogen-bond donors (Lipinski definition) is 1. The van der Waals surface area contributed by atoms with Gasteiger partial charge in [0.15, 0.2) is 0 Å². The molecule has 1 aliphatic heterocycles. The van der Waals surface area contributed by atoms with E-state index in [-0.39, 0.29) is 0 Å². The van der Waals surface area contributed by atoms with Gasteiger partial charge in [-0.05, 0) is 55.5 Å². The minimum atomic E-state index is 0.707. The first-order valence-electron chi connectivity index (χ1n) is 7.38. The zero-order valence-electron chi connectivity index (χ0n) is 12.7. The highest BCUT2D eigenvalue weighted by molar-refractivity contribution is 9.10. The first kappa shape index (κ1) is 15.7. The predicted molar refractivity (Wildman–Crippen MR) is 88.2 cm³/mol. The molecule has 20 heavy (non-hydrogen) atoms. The number of aromatic nitrogens is 1. The van der Waals surface area contributed by atoms with Crippen LogP contribution in [0.1, 0.15) is 25.3 Å². The Morgan fingerprint density at radius 1 is 1.40 bits per heavy atom. The van der Waals surface area contributed by atoms with E-state index in [1.807, 2.05) is 6.20 Å². The van der Waals surface area contributed by atoms with Gasteiger partial charge in [0.1, 0.15) is 5.82 Å². The lowest BCUT2D eigenvalue weighted by molar-refractivity contribution is 0.249. The Kier molecular flexibility index (Phi) is 5.81. The molecular weight excluding hydrogens is 316 g/mol. The van der Waals surface area contributed by atoms with Crippen molar-refractivity contribution < 1.29 is 0 Å². The molecule has 2 heterocycles. The van der Waals surface area contributed by atoms with Gasteiger partial charge < -0.3 is 15.1 Å². The number of hydrogen-bond acceptors (Lipinski definition) is 4. The summed E-state index contributed by atoms with van der Waals surface area (Å²) in [6.07, 6.45) is 4.33. The number of pyridine rings is 1. The number of nitrogens with zero attached hydrogens (tertiary/aromatic N) is 3. The third kappa shape index (κ3) is 3.93. The summed E-state index contributed by atoms with van der Waals surface area (Å²) in [6.45, 7) is 6.18. The Morgan fingerprint density at radius 2 is 2.10 bits per heavy atom. The zero-order valence-corrected chi connectivity index (χ0v) is 14.3. The molecule has 112 valence electrons. The fourth-order valence-corrected chi connectivity index (χ4v) is 3.12. The van der Waals surface area contributed by atoms with Gasteiger partial charge in [-0.3, -0.25) is 0 Å². The van der Waals surface area contributed by atoms with Crippen LogP contribution in [0.2, 0.25) is 0 Å². The zero-order chi connectivity index (χ0) is 14.5. The van der Waals surface area contributed by atoms with Crippen LogP contribution in [0.25, 0.3) is 0 Å². The molecule has 1 aromatic heterocycles. The van der Waals surface area contributed by atoms with Gasteiger partial charge in [-0.25, -0.2) is 4.98 Å². The maximum Gasteiger partial charge on any atom is 0.133 e. The Bertz CT molecular complexity index is 428. The first-order valence-corrected chi connectivity index (χ1v) is 8.17. The van der Waals surface area contributed by atoms with Crippen LogP contribution >= 0.6 is 15.9 Å². The van der Waals surface area contributed by atoms with Gasteiger partial charge in [0.05, 0.1) is 0 Å². The highest BCUT2D eigenvalue weighted by Gasteiger charge is 2.22. The van der Waals surface area contributed by atoms with Gasteiger partial charge >= 0.3 is 0 Å². The summed E-state index contributed by atoms with van der Waals surface area (Å²) in [7, 11) is 4.35. The van der Waals surface area contributed by atoms with E-state index in [0.717, 1.165) is 36.5 Å². The first-order chi connectivity index (χ1) is 9.61. The molecule has 0 radical (unpaired) electrons. The standard InChI is InChI=1S/C15H25BrN4/c1-4-17-10-12-9-13(16)11-18-15(12)20-7-5-14(6-8-20)19(2)3/h9,11,14,17H,4-8,10H2,1-3H3. The van der Waals surface area contributed by atoms with Crippen LogP contribution in [0.3, 0.4) is 0 Å². The topological polar surface area (TPSA) is 31.4 Å². The van der Waals surface area contributed by atoms with Crippen molar-refractivity contribution in [2.24, 2.45) is 0 Å². The normalized spacial score (nSPS) is 16.9. The summed E-state index contributed by atoms with van der Waals surface area (Å²) in [6, 6.07) is 2.89. The van der Waals surface area contributed by atoms with Crippen LogP contribution in [-0.4, -0.2) is 49.7 Å². The van der Waals surface area contributed by atoms with Crippen LogP contribution in [0, 0.1) is 0 Å². The summed E-state index contributed by atoms with van der Waals surface area (Å²) >= 11 is 3.53. The van der Waals surface area contributed by atoms with Crippen molar-refractivity contribution in [2.75, 3.05) is 38.6 Å². The molecule has 0 bridgehead atoms.